The average Bonchev–Trinajstić information content (AvgIpc) is 2.75. The van der Waals surface area contributed by atoms with Crippen LogP contribution in [0, 0.1) is 6.92 Å². The van der Waals surface area contributed by atoms with Crippen LogP contribution in [-0.4, -0.2) is 29.5 Å². The Hall–Kier alpha value is -1.63. The number of urea groups is 1. The van der Waals surface area contributed by atoms with Gasteiger partial charge in [-0.3, -0.25) is 4.79 Å². The molecule has 0 aromatic carbocycles. The predicted octanol–water partition coefficient (Wildman–Crippen LogP) is 0.0714. The summed E-state index contributed by atoms with van der Waals surface area (Å²) in [6.07, 6.45) is 1.69. The summed E-state index contributed by atoms with van der Waals surface area (Å²) in [5.41, 5.74) is 0. The van der Waals surface area contributed by atoms with Crippen molar-refractivity contribution in [2.75, 3.05) is 11.9 Å². The first-order chi connectivity index (χ1) is 7.15. The number of carbonyl (C=O) groups is 2. The molecule has 1 atom stereocenters. The number of hydrogen-bond acceptors (Lipinski definition) is 4. The van der Waals surface area contributed by atoms with Crippen LogP contribution in [0.25, 0.3) is 0 Å². The number of nitrogens with one attached hydrogen (secondary N) is 3. The van der Waals surface area contributed by atoms with E-state index < -0.39 is 6.04 Å². The summed E-state index contributed by atoms with van der Waals surface area (Å²) >= 11 is 1.40. The highest BCUT2D eigenvalue weighted by Gasteiger charge is 2.27. The van der Waals surface area contributed by atoms with Crippen molar-refractivity contribution in [2.45, 2.75) is 13.0 Å². The quantitative estimate of drug-likeness (QED) is 0.667. The first-order valence-corrected chi connectivity index (χ1v) is 5.24. The van der Waals surface area contributed by atoms with Crippen molar-refractivity contribution in [3.05, 3.63) is 11.1 Å². The maximum absolute atomic E-state index is 11.6. The molecule has 0 spiro atoms. The molecule has 80 valence electrons. The second-order valence-electron chi connectivity index (χ2n) is 3.17. The minimum Gasteiger partial charge on any atom is -0.336 e. The number of anilines is 1. The fourth-order valence-electron chi connectivity index (χ4n) is 1.22. The minimum absolute atomic E-state index is 0.247. The van der Waals surface area contributed by atoms with Crippen LogP contribution in [0.4, 0.5) is 9.93 Å². The molecule has 2 heterocycles. The Bertz CT molecular complexity index is 403. The molecule has 0 bridgehead atoms. The third-order valence-electron chi connectivity index (χ3n) is 1.94. The summed E-state index contributed by atoms with van der Waals surface area (Å²) in [6, 6.07) is -0.827. The first kappa shape index (κ1) is 9.91. The maximum atomic E-state index is 11.6. The number of rotatable bonds is 2. The number of thiazole rings is 1. The first-order valence-electron chi connectivity index (χ1n) is 4.43. The molecule has 3 amide bonds. The third-order valence-corrected chi connectivity index (χ3v) is 2.77. The van der Waals surface area contributed by atoms with Gasteiger partial charge in [0.25, 0.3) is 5.91 Å². The summed E-state index contributed by atoms with van der Waals surface area (Å²) in [4.78, 5) is 27.4. The van der Waals surface area contributed by atoms with Crippen molar-refractivity contribution < 1.29 is 9.59 Å². The van der Waals surface area contributed by atoms with Crippen LogP contribution in [0.15, 0.2) is 6.20 Å². The zero-order valence-corrected chi connectivity index (χ0v) is 8.85. The van der Waals surface area contributed by atoms with Gasteiger partial charge in [-0.1, -0.05) is 0 Å². The zero-order valence-electron chi connectivity index (χ0n) is 8.03. The summed E-state index contributed by atoms with van der Waals surface area (Å²) in [5.74, 6) is -0.247. The van der Waals surface area contributed by atoms with Gasteiger partial charge in [-0.2, -0.15) is 0 Å². The standard InChI is InChI=1S/C8H10N4O2S/c1-4-2-10-8(15-4)12-6(13)5-3-9-7(14)11-5/h2,5H,3H2,1H3,(H2,9,11,14)(H,10,12,13). The normalized spacial score (nSPS) is 19.5. The van der Waals surface area contributed by atoms with Gasteiger partial charge in [-0.05, 0) is 6.92 Å². The molecule has 1 aliphatic rings. The fourth-order valence-corrected chi connectivity index (χ4v) is 1.89. The summed E-state index contributed by atoms with van der Waals surface area (Å²) in [7, 11) is 0. The molecule has 1 aromatic rings. The molecule has 6 nitrogen and oxygen atoms in total. The molecule has 7 heteroatoms. The van der Waals surface area contributed by atoms with E-state index in [0.29, 0.717) is 11.7 Å². The number of nitrogens with zero attached hydrogens (tertiary/aromatic N) is 1. The predicted molar refractivity (Wildman–Crippen MR) is 55.8 cm³/mol. The topological polar surface area (TPSA) is 83.1 Å². The second-order valence-corrected chi connectivity index (χ2v) is 4.41. The number of aromatic nitrogens is 1. The van der Waals surface area contributed by atoms with Crippen molar-refractivity contribution in [1.82, 2.24) is 15.6 Å². The van der Waals surface area contributed by atoms with E-state index in [4.69, 9.17) is 0 Å². The smallest absolute Gasteiger partial charge is 0.315 e. The number of aryl methyl sites for hydroxylation is 1. The maximum Gasteiger partial charge on any atom is 0.315 e. The minimum atomic E-state index is -0.512. The molecule has 3 N–H and O–H groups in total. The van der Waals surface area contributed by atoms with Gasteiger partial charge in [-0.25, -0.2) is 9.78 Å². The van der Waals surface area contributed by atoms with Crippen molar-refractivity contribution in [2.24, 2.45) is 0 Å². The Morgan fingerprint density at radius 1 is 1.73 bits per heavy atom. The molecule has 0 aliphatic carbocycles. The van der Waals surface area contributed by atoms with E-state index >= 15 is 0 Å². The van der Waals surface area contributed by atoms with E-state index in [-0.39, 0.29) is 11.9 Å². The van der Waals surface area contributed by atoms with Crippen LogP contribution in [0.5, 0.6) is 0 Å². The monoisotopic (exact) mass is 226 g/mol. The third kappa shape index (κ3) is 2.24. The lowest BCUT2D eigenvalue weighted by Crippen LogP contribution is -2.38. The highest BCUT2D eigenvalue weighted by atomic mass is 32.1. The largest absolute Gasteiger partial charge is 0.336 e. The molecule has 15 heavy (non-hydrogen) atoms. The van der Waals surface area contributed by atoms with Crippen LogP contribution in [-0.2, 0) is 4.79 Å². The molecule has 1 aromatic heterocycles. The summed E-state index contributed by atoms with van der Waals surface area (Å²) in [5, 5.41) is 8.20. The Balaban J connectivity index is 1.95. The van der Waals surface area contributed by atoms with E-state index in [2.05, 4.69) is 20.9 Å². The van der Waals surface area contributed by atoms with Gasteiger partial charge in [-0.15, -0.1) is 11.3 Å². The second kappa shape index (κ2) is 3.85. The molecular formula is C8H10N4O2S. The molecule has 1 aliphatic heterocycles. The summed E-state index contributed by atoms with van der Waals surface area (Å²) < 4.78 is 0. The lowest BCUT2D eigenvalue weighted by atomic mass is 10.3. The highest BCUT2D eigenvalue weighted by molar-refractivity contribution is 7.15. The molecule has 1 saturated heterocycles. The Morgan fingerprint density at radius 3 is 3.07 bits per heavy atom. The number of carbonyl (C=O) groups excluding carboxylic acids is 2. The van der Waals surface area contributed by atoms with Gasteiger partial charge in [0.05, 0.1) is 0 Å². The summed E-state index contributed by atoms with van der Waals surface area (Å²) in [6.45, 7) is 2.22. The van der Waals surface area contributed by atoms with Gasteiger partial charge in [0, 0.05) is 17.6 Å². The Labute approximate surface area is 90.1 Å². The number of amides is 3. The lowest BCUT2D eigenvalue weighted by molar-refractivity contribution is -0.117. The molecule has 0 saturated carbocycles. The fraction of sp³-hybridized carbons (Fsp3) is 0.375. The van der Waals surface area contributed by atoms with E-state index in [1.807, 2.05) is 6.92 Å². The van der Waals surface area contributed by atoms with Gasteiger partial charge in [0.2, 0.25) is 0 Å². The zero-order chi connectivity index (χ0) is 10.8. The van der Waals surface area contributed by atoms with Crippen molar-refractivity contribution in [3.8, 4) is 0 Å². The Kier molecular flexibility index (Phi) is 2.55. The van der Waals surface area contributed by atoms with Crippen molar-refractivity contribution >= 4 is 28.4 Å². The van der Waals surface area contributed by atoms with Gasteiger partial charge in [0.15, 0.2) is 5.13 Å². The van der Waals surface area contributed by atoms with E-state index in [0.717, 1.165) is 4.88 Å². The van der Waals surface area contributed by atoms with Crippen LogP contribution < -0.4 is 16.0 Å². The SMILES string of the molecule is Cc1cnc(NC(=O)C2CNC(=O)N2)s1. The molecule has 1 fully saturated rings. The number of hydrogen-bond donors (Lipinski definition) is 3. The molecule has 2 rings (SSSR count). The van der Waals surface area contributed by atoms with Crippen LogP contribution in [0.2, 0.25) is 0 Å². The van der Waals surface area contributed by atoms with Crippen molar-refractivity contribution in [3.63, 3.8) is 0 Å². The van der Waals surface area contributed by atoms with Crippen molar-refractivity contribution in [1.29, 1.82) is 0 Å². The van der Waals surface area contributed by atoms with E-state index in [1.54, 1.807) is 6.20 Å². The Morgan fingerprint density at radius 2 is 2.53 bits per heavy atom. The van der Waals surface area contributed by atoms with Crippen LogP contribution in [0.3, 0.4) is 0 Å². The average molecular weight is 226 g/mol. The lowest BCUT2D eigenvalue weighted by Gasteiger charge is -2.06. The van der Waals surface area contributed by atoms with Crippen LogP contribution in [0.1, 0.15) is 4.88 Å². The molecule has 1 unspecified atom stereocenters. The van der Waals surface area contributed by atoms with E-state index in [1.165, 1.54) is 11.3 Å². The van der Waals surface area contributed by atoms with Gasteiger partial charge < -0.3 is 16.0 Å². The molecule has 0 radical (unpaired) electrons. The van der Waals surface area contributed by atoms with Gasteiger partial charge >= 0.3 is 6.03 Å². The molecular weight excluding hydrogens is 216 g/mol. The van der Waals surface area contributed by atoms with E-state index in [9.17, 15) is 9.59 Å². The van der Waals surface area contributed by atoms with Gasteiger partial charge in [0.1, 0.15) is 6.04 Å². The van der Waals surface area contributed by atoms with Crippen LogP contribution >= 0.6 is 11.3 Å². The highest BCUT2D eigenvalue weighted by Crippen LogP contribution is 2.16.